The fourth-order valence-electron chi connectivity index (χ4n) is 1.63. The number of nitrogens with zero attached hydrogens (tertiary/aromatic N) is 1. The van der Waals surface area contributed by atoms with Crippen molar-refractivity contribution in [1.82, 2.24) is 5.32 Å². The van der Waals surface area contributed by atoms with Crippen LogP contribution >= 0.6 is 0 Å². The lowest BCUT2D eigenvalue weighted by atomic mass is 10.0. The molecule has 0 aromatic heterocycles. The number of nitrogens with one attached hydrogen (secondary N) is 1. The van der Waals surface area contributed by atoms with Gasteiger partial charge >= 0.3 is 0 Å². The van der Waals surface area contributed by atoms with Gasteiger partial charge < -0.3 is 5.32 Å². The Labute approximate surface area is 114 Å². The molecule has 0 radical (unpaired) electrons. The average molecular weight is 256 g/mol. The zero-order valence-corrected chi connectivity index (χ0v) is 11.9. The van der Waals surface area contributed by atoms with Crippen molar-refractivity contribution in [2.45, 2.75) is 39.7 Å². The van der Waals surface area contributed by atoms with Gasteiger partial charge in [-0.25, -0.2) is 0 Å². The first-order valence-corrected chi connectivity index (χ1v) is 6.46. The maximum absolute atomic E-state index is 11.8. The lowest BCUT2D eigenvalue weighted by molar-refractivity contribution is -0.117. The molecule has 0 aliphatic heterocycles. The van der Waals surface area contributed by atoms with E-state index in [1.54, 1.807) is 6.08 Å². The van der Waals surface area contributed by atoms with Crippen LogP contribution in [0.5, 0.6) is 0 Å². The molecule has 0 heterocycles. The van der Waals surface area contributed by atoms with Gasteiger partial charge in [0.1, 0.15) is 11.6 Å². The average Bonchev–Trinajstić information content (AvgIpc) is 2.35. The van der Waals surface area contributed by atoms with Crippen LogP contribution in [0.25, 0.3) is 6.08 Å². The lowest BCUT2D eigenvalue weighted by Gasteiger charge is -2.07. The number of amides is 1. The first kappa shape index (κ1) is 15.0. The fraction of sp³-hybridized carbons (Fsp3) is 0.375. The van der Waals surface area contributed by atoms with Gasteiger partial charge in [0.2, 0.25) is 0 Å². The highest BCUT2D eigenvalue weighted by atomic mass is 16.1. The van der Waals surface area contributed by atoms with E-state index in [1.165, 1.54) is 5.56 Å². The molecule has 0 aliphatic rings. The van der Waals surface area contributed by atoms with Crippen molar-refractivity contribution >= 4 is 12.0 Å². The van der Waals surface area contributed by atoms with Crippen LogP contribution in [0.3, 0.4) is 0 Å². The monoisotopic (exact) mass is 256 g/mol. The number of rotatable bonds is 4. The largest absolute Gasteiger partial charge is 0.349 e. The summed E-state index contributed by atoms with van der Waals surface area (Å²) in [6.45, 7) is 7.98. The molecule has 0 aliphatic carbocycles. The Morgan fingerprint density at radius 2 is 1.79 bits per heavy atom. The van der Waals surface area contributed by atoms with E-state index in [0.717, 1.165) is 5.56 Å². The molecule has 0 saturated carbocycles. The van der Waals surface area contributed by atoms with E-state index < -0.39 is 0 Å². The second-order valence-electron chi connectivity index (χ2n) is 5.12. The van der Waals surface area contributed by atoms with Crippen LogP contribution in [0.15, 0.2) is 29.8 Å². The molecule has 1 amide bonds. The summed E-state index contributed by atoms with van der Waals surface area (Å²) in [5, 5.41) is 11.7. The minimum atomic E-state index is -0.328. The van der Waals surface area contributed by atoms with E-state index in [4.69, 9.17) is 5.26 Å². The minimum Gasteiger partial charge on any atom is -0.349 e. The van der Waals surface area contributed by atoms with E-state index in [0.29, 0.717) is 5.92 Å². The van der Waals surface area contributed by atoms with E-state index in [-0.39, 0.29) is 17.5 Å². The summed E-state index contributed by atoms with van der Waals surface area (Å²) in [5.41, 5.74) is 2.23. The Morgan fingerprint density at radius 3 is 2.21 bits per heavy atom. The van der Waals surface area contributed by atoms with Gasteiger partial charge in [-0.1, -0.05) is 38.1 Å². The second kappa shape index (κ2) is 6.75. The number of carbonyl (C=O) groups is 1. The van der Waals surface area contributed by atoms with Gasteiger partial charge in [-0.05, 0) is 37.0 Å². The van der Waals surface area contributed by atoms with Crippen molar-refractivity contribution in [2.75, 3.05) is 0 Å². The van der Waals surface area contributed by atoms with Crippen molar-refractivity contribution in [2.24, 2.45) is 0 Å². The third-order valence-electron chi connectivity index (χ3n) is 2.70. The van der Waals surface area contributed by atoms with Crippen LogP contribution in [0.2, 0.25) is 0 Å². The fourth-order valence-corrected chi connectivity index (χ4v) is 1.63. The van der Waals surface area contributed by atoms with Gasteiger partial charge in [0, 0.05) is 6.04 Å². The maximum Gasteiger partial charge on any atom is 0.262 e. The molecule has 19 heavy (non-hydrogen) atoms. The van der Waals surface area contributed by atoms with Gasteiger partial charge in [-0.2, -0.15) is 5.26 Å². The number of benzene rings is 1. The third-order valence-corrected chi connectivity index (χ3v) is 2.70. The molecule has 3 nitrogen and oxygen atoms in total. The van der Waals surface area contributed by atoms with Crippen molar-refractivity contribution in [3.8, 4) is 6.07 Å². The first-order valence-electron chi connectivity index (χ1n) is 6.46. The van der Waals surface area contributed by atoms with Crippen LogP contribution in [0, 0.1) is 11.3 Å². The minimum absolute atomic E-state index is 0.0209. The van der Waals surface area contributed by atoms with E-state index in [2.05, 4.69) is 19.2 Å². The summed E-state index contributed by atoms with van der Waals surface area (Å²) in [7, 11) is 0. The summed E-state index contributed by atoms with van der Waals surface area (Å²) < 4.78 is 0. The maximum atomic E-state index is 11.8. The van der Waals surface area contributed by atoms with Gasteiger partial charge in [-0.15, -0.1) is 0 Å². The summed E-state index contributed by atoms with van der Waals surface area (Å²) in [6, 6.07) is 9.85. The molecular weight excluding hydrogens is 236 g/mol. The molecule has 0 saturated heterocycles. The van der Waals surface area contributed by atoms with Crippen LogP contribution in [-0.4, -0.2) is 11.9 Å². The highest BCUT2D eigenvalue weighted by Crippen LogP contribution is 2.16. The number of nitriles is 1. The first-order chi connectivity index (χ1) is 8.93. The van der Waals surface area contributed by atoms with Crippen molar-refractivity contribution in [3.05, 3.63) is 41.0 Å². The summed E-state index contributed by atoms with van der Waals surface area (Å²) in [5.74, 6) is 0.142. The molecule has 1 N–H and O–H groups in total. The summed E-state index contributed by atoms with van der Waals surface area (Å²) in [6.07, 6.45) is 1.61. The van der Waals surface area contributed by atoms with Gasteiger partial charge in [0.15, 0.2) is 0 Å². The predicted octanol–water partition coefficient (Wildman–Crippen LogP) is 3.24. The van der Waals surface area contributed by atoms with Gasteiger partial charge in [0.05, 0.1) is 0 Å². The van der Waals surface area contributed by atoms with Crippen LogP contribution in [0.1, 0.15) is 44.7 Å². The van der Waals surface area contributed by atoms with Crippen LogP contribution in [0.4, 0.5) is 0 Å². The molecule has 1 aromatic rings. The Morgan fingerprint density at radius 1 is 1.21 bits per heavy atom. The lowest BCUT2D eigenvalue weighted by Crippen LogP contribution is -2.30. The van der Waals surface area contributed by atoms with Crippen molar-refractivity contribution in [3.63, 3.8) is 0 Å². The molecular formula is C16H20N2O. The summed E-state index contributed by atoms with van der Waals surface area (Å²) >= 11 is 0. The number of hydrogen-bond donors (Lipinski definition) is 1. The third kappa shape index (κ3) is 4.59. The molecule has 0 bridgehead atoms. The van der Waals surface area contributed by atoms with Crippen molar-refractivity contribution < 1.29 is 4.79 Å². The highest BCUT2D eigenvalue weighted by Gasteiger charge is 2.09. The Bertz CT molecular complexity index is 505. The van der Waals surface area contributed by atoms with Crippen LogP contribution < -0.4 is 5.32 Å². The molecule has 0 atom stereocenters. The second-order valence-corrected chi connectivity index (χ2v) is 5.12. The Hall–Kier alpha value is -2.08. The predicted molar refractivity (Wildman–Crippen MR) is 77.4 cm³/mol. The zero-order valence-electron chi connectivity index (χ0n) is 11.9. The van der Waals surface area contributed by atoms with E-state index in [9.17, 15) is 4.79 Å². The summed E-state index contributed by atoms with van der Waals surface area (Å²) in [4.78, 5) is 11.8. The van der Waals surface area contributed by atoms with E-state index >= 15 is 0 Å². The quantitative estimate of drug-likeness (QED) is 0.664. The zero-order chi connectivity index (χ0) is 14.4. The van der Waals surface area contributed by atoms with E-state index in [1.807, 2.05) is 44.2 Å². The number of hydrogen-bond acceptors (Lipinski definition) is 2. The van der Waals surface area contributed by atoms with Gasteiger partial charge in [-0.3, -0.25) is 4.79 Å². The highest BCUT2D eigenvalue weighted by molar-refractivity contribution is 6.01. The SMILES string of the molecule is CC(C)NC(=O)/C(C#N)=C\c1ccc(C(C)C)cc1. The standard InChI is InChI=1S/C16H20N2O/c1-11(2)14-7-5-13(6-8-14)9-15(10-17)16(19)18-12(3)4/h5-9,11-12H,1-4H3,(H,18,19)/b15-9-. The Kier molecular flexibility index (Phi) is 5.32. The molecule has 0 unspecified atom stereocenters. The molecule has 1 rings (SSSR count). The molecule has 0 fully saturated rings. The Balaban J connectivity index is 2.92. The molecule has 3 heteroatoms. The normalized spacial score (nSPS) is 11.5. The topological polar surface area (TPSA) is 52.9 Å². The molecule has 100 valence electrons. The van der Waals surface area contributed by atoms with Crippen LogP contribution in [-0.2, 0) is 4.79 Å². The molecule has 0 spiro atoms. The molecule has 1 aromatic carbocycles. The van der Waals surface area contributed by atoms with Crippen molar-refractivity contribution in [1.29, 1.82) is 5.26 Å². The number of carbonyl (C=O) groups excluding carboxylic acids is 1. The van der Waals surface area contributed by atoms with Gasteiger partial charge in [0.25, 0.3) is 5.91 Å². The smallest absolute Gasteiger partial charge is 0.262 e.